The summed E-state index contributed by atoms with van der Waals surface area (Å²) in [4.78, 5) is 10.9. The van der Waals surface area contributed by atoms with Gasteiger partial charge in [-0.25, -0.2) is 14.6 Å². The number of halogens is 1. The Labute approximate surface area is 119 Å². The maximum atomic E-state index is 4.41. The Morgan fingerprint density at radius 3 is 2.89 bits per heavy atom. The number of nitrogens with zero attached hydrogens (tertiary/aromatic N) is 5. The highest BCUT2D eigenvalue weighted by atomic mass is 79.9. The van der Waals surface area contributed by atoms with E-state index in [0.29, 0.717) is 6.04 Å². The molecule has 1 atom stereocenters. The van der Waals surface area contributed by atoms with Crippen LogP contribution in [-0.4, -0.2) is 44.8 Å². The number of thioether (sulfide) groups is 1. The minimum Gasteiger partial charge on any atom is -0.355 e. The zero-order valence-electron chi connectivity index (χ0n) is 10.9. The van der Waals surface area contributed by atoms with Crippen LogP contribution in [0, 0.1) is 0 Å². The maximum absolute atomic E-state index is 4.41. The number of aryl methyl sites for hydroxylation is 1. The molecule has 0 saturated heterocycles. The van der Waals surface area contributed by atoms with Gasteiger partial charge in [-0.15, -0.1) is 0 Å². The lowest BCUT2D eigenvalue weighted by Crippen LogP contribution is -2.31. The van der Waals surface area contributed by atoms with E-state index in [1.807, 2.05) is 18.8 Å². The first-order chi connectivity index (χ1) is 8.56. The summed E-state index contributed by atoms with van der Waals surface area (Å²) in [5.41, 5.74) is 0.843. The van der Waals surface area contributed by atoms with Crippen molar-refractivity contribution in [1.82, 2.24) is 19.7 Å². The van der Waals surface area contributed by atoms with Crippen LogP contribution in [-0.2, 0) is 7.05 Å². The average molecular weight is 330 g/mol. The van der Waals surface area contributed by atoms with Crippen LogP contribution in [0.5, 0.6) is 0 Å². The molecule has 0 spiro atoms. The summed E-state index contributed by atoms with van der Waals surface area (Å²) in [6.45, 7) is 2.19. The molecule has 0 aliphatic rings. The van der Waals surface area contributed by atoms with E-state index in [1.54, 1.807) is 11.0 Å². The van der Waals surface area contributed by atoms with Gasteiger partial charge in [-0.05, 0) is 29.1 Å². The maximum Gasteiger partial charge on any atom is 0.164 e. The molecule has 2 heterocycles. The van der Waals surface area contributed by atoms with Gasteiger partial charge in [0.1, 0.15) is 16.7 Å². The topological polar surface area (TPSA) is 46.8 Å². The van der Waals surface area contributed by atoms with Crippen LogP contribution in [0.1, 0.15) is 6.92 Å². The molecule has 98 valence electrons. The number of fused-ring (bicyclic) bond motifs is 1. The molecule has 0 N–H and O–H groups in total. The van der Waals surface area contributed by atoms with E-state index >= 15 is 0 Å². The Morgan fingerprint density at radius 1 is 1.50 bits per heavy atom. The molecule has 0 aromatic carbocycles. The molecule has 0 radical (unpaired) electrons. The molecule has 1 unspecified atom stereocenters. The van der Waals surface area contributed by atoms with E-state index in [-0.39, 0.29) is 0 Å². The summed E-state index contributed by atoms with van der Waals surface area (Å²) in [6, 6.07) is 0.408. The standard InChI is InChI=1S/C11H16BrN5S/c1-7(5-18-4)16(2)10-8-9(12)15-17(3)11(8)14-6-13-10/h6-7H,5H2,1-4H3. The van der Waals surface area contributed by atoms with E-state index in [4.69, 9.17) is 0 Å². The molecule has 0 bridgehead atoms. The molecule has 0 saturated carbocycles. The number of hydrogen-bond acceptors (Lipinski definition) is 5. The number of hydrogen-bond donors (Lipinski definition) is 0. The van der Waals surface area contributed by atoms with E-state index in [9.17, 15) is 0 Å². The average Bonchev–Trinajstić information content (AvgIpc) is 2.65. The summed E-state index contributed by atoms with van der Waals surface area (Å²) < 4.78 is 2.55. The third-order valence-corrected chi connectivity index (χ3v) is 4.33. The highest BCUT2D eigenvalue weighted by molar-refractivity contribution is 9.10. The summed E-state index contributed by atoms with van der Waals surface area (Å²) in [6.07, 6.45) is 3.70. The Morgan fingerprint density at radius 2 is 2.22 bits per heavy atom. The fourth-order valence-corrected chi connectivity index (χ4v) is 3.15. The van der Waals surface area contributed by atoms with Crippen molar-refractivity contribution < 1.29 is 0 Å². The fraction of sp³-hybridized carbons (Fsp3) is 0.545. The minimum absolute atomic E-state index is 0.408. The fourth-order valence-electron chi connectivity index (χ4n) is 1.86. The third kappa shape index (κ3) is 2.33. The molecule has 0 aliphatic heterocycles. The largest absolute Gasteiger partial charge is 0.355 e. The predicted molar refractivity (Wildman–Crippen MR) is 80.3 cm³/mol. The van der Waals surface area contributed by atoms with Gasteiger partial charge in [0.05, 0.1) is 5.39 Å². The first kappa shape index (κ1) is 13.6. The van der Waals surface area contributed by atoms with Gasteiger partial charge in [-0.3, -0.25) is 0 Å². The van der Waals surface area contributed by atoms with Crippen molar-refractivity contribution in [1.29, 1.82) is 0 Å². The van der Waals surface area contributed by atoms with Crippen LogP contribution in [0.2, 0.25) is 0 Å². The molecule has 7 heteroatoms. The van der Waals surface area contributed by atoms with Crippen LogP contribution in [0.15, 0.2) is 10.9 Å². The van der Waals surface area contributed by atoms with Crippen molar-refractivity contribution in [2.45, 2.75) is 13.0 Å². The summed E-state index contributed by atoms with van der Waals surface area (Å²) in [5.74, 6) is 1.97. The van der Waals surface area contributed by atoms with Gasteiger partial charge in [0.15, 0.2) is 5.65 Å². The quantitative estimate of drug-likeness (QED) is 0.861. The molecular weight excluding hydrogens is 314 g/mol. The predicted octanol–water partition coefficient (Wildman–Crippen LogP) is 2.31. The van der Waals surface area contributed by atoms with Gasteiger partial charge < -0.3 is 4.90 Å². The zero-order valence-corrected chi connectivity index (χ0v) is 13.3. The minimum atomic E-state index is 0.408. The van der Waals surface area contributed by atoms with Gasteiger partial charge in [0.2, 0.25) is 0 Å². The second-order valence-corrected chi connectivity index (χ2v) is 5.89. The molecule has 2 aromatic rings. The Bertz CT molecular complexity index is 556. The normalized spacial score (nSPS) is 12.9. The van der Waals surface area contributed by atoms with E-state index in [2.05, 4.69) is 56.1 Å². The van der Waals surface area contributed by atoms with Crippen molar-refractivity contribution in [3.63, 3.8) is 0 Å². The van der Waals surface area contributed by atoms with Crippen molar-refractivity contribution in [3.05, 3.63) is 10.9 Å². The van der Waals surface area contributed by atoms with Gasteiger partial charge >= 0.3 is 0 Å². The van der Waals surface area contributed by atoms with Crippen molar-refractivity contribution >= 4 is 44.5 Å². The lowest BCUT2D eigenvalue weighted by molar-refractivity contribution is 0.754. The molecule has 18 heavy (non-hydrogen) atoms. The molecular formula is C11H16BrN5S. The van der Waals surface area contributed by atoms with Crippen LogP contribution in [0.3, 0.4) is 0 Å². The smallest absolute Gasteiger partial charge is 0.164 e. The van der Waals surface area contributed by atoms with Crippen LogP contribution in [0.25, 0.3) is 11.0 Å². The van der Waals surface area contributed by atoms with Crippen molar-refractivity contribution in [3.8, 4) is 0 Å². The molecule has 0 aliphatic carbocycles. The third-order valence-electron chi connectivity index (χ3n) is 2.96. The molecule has 0 amide bonds. The number of aromatic nitrogens is 4. The van der Waals surface area contributed by atoms with Gasteiger partial charge in [0, 0.05) is 25.9 Å². The highest BCUT2D eigenvalue weighted by Gasteiger charge is 2.19. The van der Waals surface area contributed by atoms with E-state index < -0.39 is 0 Å². The van der Waals surface area contributed by atoms with Crippen molar-refractivity contribution in [2.24, 2.45) is 7.05 Å². The molecule has 2 rings (SSSR count). The van der Waals surface area contributed by atoms with Gasteiger partial charge in [0.25, 0.3) is 0 Å². The molecule has 2 aromatic heterocycles. The monoisotopic (exact) mass is 329 g/mol. The second kappa shape index (κ2) is 5.44. The first-order valence-electron chi connectivity index (χ1n) is 5.61. The highest BCUT2D eigenvalue weighted by Crippen LogP contribution is 2.29. The first-order valence-corrected chi connectivity index (χ1v) is 7.80. The van der Waals surface area contributed by atoms with E-state index in [0.717, 1.165) is 27.2 Å². The molecule has 5 nitrogen and oxygen atoms in total. The number of rotatable bonds is 4. The van der Waals surface area contributed by atoms with Crippen LogP contribution >= 0.6 is 27.7 Å². The Hall–Kier alpha value is -0.820. The second-order valence-electron chi connectivity index (χ2n) is 4.23. The van der Waals surface area contributed by atoms with Crippen LogP contribution < -0.4 is 4.90 Å². The van der Waals surface area contributed by atoms with Crippen LogP contribution in [0.4, 0.5) is 5.82 Å². The summed E-state index contributed by atoms with van der Waals surface area (Å²) >= 11 is 5.31. The number of anilines is 1. The zero-order chi connectivity index (χ0) is 13.3. The summed E-state index contributed by atoms with van der Waals surface area (Å²) in [5, 5.41) is 5.31. The summed E-state index contributed by atoms with van der Waals surface area (Å²) in [7, 11) is 3.94. The SMILES string of the molecule is CSCC(C)N(C)c1ncnc2c1c(Br)nn2C. The van der Waals surface area contributed by atoms with E-state index in [1.165, 1.54) is 0 Å². The Balaban J connectivity index is 2.50. The lowest BCUT2D eigenvalue weighted by Gasteiger charge is -2.25. The van der Waals surface area contributed by atoms with Gasteiger partial charge in [-0.1, -0.05) is 0 Å². The van der Waals surface area contributed by atoms with Crippen molar-refractivity contribution in [2.75, 3.05) is 24.0 Å². The van der Waals surface area contributed by atoms with Gasteiger partial charge in [-0.2, -0.15) is 16.9 Å². The Kier molecular flexibility index (Phi) is 4.11. The lowest BCUT2D eigenvalue weighted by atomic mass is 10.3. The molecule has 0 fully saturated rings.